The maximum atomic E-state index is 12.8. The smallest absolute Gasteiger partial charge is 0.410 e. The van der Waals surface area contributed by atoms with Gasteiger partial charge in [0, 0.05) is 25.4 Å². The van der Waals surface area contributed by atoms with E-state index in [4.69, 9.17) is 9.84 Å². The predicted molar refractivity (Wildman–Crippen MR) is 113 cm³/mol. The van der Waals surface area contributed by atoms with Crippen molar-refractivity contribution in [2.45, 2.75) is 59.1 Å². The topological polar surface area (TPSA) is 79.7 Å². The molecule has 2 aromatic rings. The zero-order valence-corrected chi connectivity index (χ0v) is 17.8. The average molecular weight is 399 g/mol. The van der Waals surface area contributed by atoms with Crippen LogP contribution in [-0.4, -0.2) is 39.2 Å². The molecule has 1 heterocycles. The van der Waals surface area contributed by atoms with Gasteiger partial charge in [-0.1, -0.05) is 18.2 Å². The molecule has 1 amide bonds. The third-order valence-electron chi connectivity index (χ3n) is 4.59. The van der Waals surface area contributed by atoms with Crippen molar-refractivity contribution in [2.24, 2.45) is 0 Å². The number of hydrogen-bond acceptors (Lipinski definition) is 4. The van der Waals surface area contributed by atoms with Crippen LogP contribution in [0.2, 0.25) is 0 Å². The minimum atomic E-state index is -0.878. The number of carboxylic acids is 1. The Hall–Kier alpha value is -2.89. The zero-order valence-electron chi connectivity index (χ0n) is 17.8. The van der Waals surface area contributed by atoms with Gasteiger partial charge in [0.25, 0.3) is 0 Å². The maximum Gasteiger partial charge on any atom is 0.410 e. The molecule has 0 aliphatic rings. The molecule has 2 rings (SSSR count). The van der Waals surface area contributed by atoms with Crippen molar-refractivity contribution in [1.82, 2.24) is 9.88 Å². The standard InChI is InChI=1S/C23H30N2O4/c1-16-15-24-12-11-20(16)19-9-6-8-18(14-19)17(2)25(13-7-10-21(26)27)22(28)29-23(3,4)5/h6,8-9,11-12,14-15,17H,7,10,13H2,1-5H3,(H,26,27). The molecule has 0 aliphatic carbocycles. The number of amides is 1. The Bertz CT molecular complexity index is 858. The first kappa shape index (κ1) is 22.4. The predicted octanol–water partition coefficient (Wildman–Crippen LogP) is 5.22. The van der Waals surface area contributed by atoms with Gasteiger partial charge in [0.1, 0.15) is 5.60 Å². The molecular weight excluding hydrogens is 368 g/mol. The maximum absolute atomic E-state index is 12.8. The summed E-state index contributed by atoms with van der Waals surface area (Å²) in [7, 11) is 0. The summed E-state index contributed by atoms with van der Waals surface area (Å²) in [4.78, 5) is 29.5. The van der Waals surface area contributed by atoms with Crippen molar-refractivity contribution < 1.29 is 19.4 Å². The fourth-order valence-corrected chi connectivity index (χ4v) is 3.11. The lowest BCUT2D eigenvalue weighted by atomic mass is 9.97. The molecule has 0 radical (unpaired) electrons. The monoisotopic (exact) mass is 398 g/mol. The highest BCUT2D eigenvalue weighted by atomic mass is 16.6. The van der Waals surface area contributed by atoms with E-state index in [1.165, 1.54) is 0 Å². The number of aryl methyl sites for hydroxylation is 1. The van der Waals surface area contributed by atoms with Crippen molar-refractivity contribution in [3.8, 4) is 11.1 Å². The van der Waals surface area contributed by atoms with Crippen LogP contribution in [0, 0.1) is 6.92 Å². The number of pyridine rings is 1. The van der Waals surface area contributed by atoms with Crippen LogP contribution in [0.3, 0.4) is 0 Å². The van der Waals surface area contributed by atoms with Gasteiger partial charge in [-0.15, -0.1) is 0 Å². The van der Waals surface area contributed by atoms with E-state index in [-0.39, 0.29) is 12.5 Å². The normalized spacial score (nSPS) is 12.3. The number of carbonyl (C=O) groups is 2. The first-order valence-corrected chi connectivity index (χ1v) is 9.81. The zero-order chi connectivity index (χ0) is 21.6. The third-order valence-corrected chi connectivity index (χ3v) is 4.59. The van der Waals surface area contributed by atoms with Crippen LogP contribution < -0.4 is 0 Å². The van der Waals surface area contributed by atoms with Gasteiger partial charge in [0.15, 0.2) is 0 Å². The van der Waals surface area contributed by atoms with Crippen LogP contribution in [0.4, 0.5) is 4.79 Å². The van der Waals surface area contributed by atoms with Crippen LogP contribution in [0.25, 0.3) is 11.1 Å². The number of ether oxygens (including phenoxy) is 1. The van der Waals surface area contributed by atoms with E-state index < -0.39 is 17.7 Å². The molecule has 1 unspecified atom stereocenters. The van der Waals surface area contributed by atoms with Gasteiger partial charge < -0.3 is 14.7 Å². The van der Waals surface area contributed by atoms with Gasteiger partial charge in [-0.2, -0.15) is 0 Å². The van der Waals surface area contributed by atoms with E-state index in [0.717, 1.165) is 22.3 Å². The molecule has 1 aromatic heterocycles. The second kappa shape index (κ2) is 9.54. The fraction of sp³-hybridized carbons (Fsp3) is 0.435. The number of carboxylic acid groups (broad SMARTS) is 1. The molecule has 1 N–H and O–H groups in total. The first-order chi connectivity index (χ1) is 13.6. The largest absolute Gasteiger partial charge is 0.481 e. The molecule has 0 saturated heterocycles. The molecule has 0 bridgehead atoms. The van der Waals surface area contributed by atoms with Crippen molar-refractivity contribution in [3.05, 3.63) is 53.9 Å². The summed E-state index contributed by atoms with van der Waals surface area (Å²) in [5, 5.41) is 8.96. The van der Waals surface area contributed by atoms with Crippen molar-refractivity contribution >= 4 is 12.1 Å². The number of carbonyl (C=O) groups excluding carboxylic acids is 1. The average Bonchev–Trinajstić information content (AvgIpc) is 2.63. The summed E-state index contributed by atoms with van der Waals surface area (Å²) in [6.45, 7) is 9.70. The molecule has 1 aromatic carbocycles. The number of nitrogens with zero attached hydrogens (tertiary/aromatic N) is 2. The SMILES string of the molecule is Cc1cnccc1-c1cccc(C(C)N(CCCC(=O)O)C(=O)OC(C)(C)C)c1. The highest BCUT2D eigenvalue weighted by Crippen LogP contribution is 2.29. The van der Waals surface area contributed by atoms with E-state index in [1.807, 2.05) is 65.1 Å². The van der Waals surface area contributed by atoms with E-state index in [2.05, 4.69) is 11.1 Å². The lowest BCUT2D eigenvalue weighted by Gasteiger charge is -2.32. The van der Waals surface area contributed by atoms with Crippen LogP contribution in [0.15, 0.2) is 42.7 Å². The number of aromatic nitrogens is 1. The molecule has 1 atom stereocenters. The van der Waals surface area contributed by atoms with Gasteiger partial charge >= 0.3 is 12.1 Å². The van der Waals surface area contributed by atoms with E-state index >= 15 is 0 Å². The van der Waals surface area contributed by atoms with Crippen LogP contribution in [0.5, 0.6) is 0 Å². The number of aliphatic carboxylic acids is 1. The summed E-state index contributed by atoms with van der Waals surface area (Å²) in [5.74, 6) is -0.878. The van der Waals surface area contributed by atoms with Gasteiger partial charge in [0.2, 0.25) is 0 Å². The molecule has 0 fully saturated rings. The minimum absolute atomic E-state index is 0.00225. The second-order valence-corrected chi connectivity index (χ2v) is 8.16. The quantitative estimate of drug-likeness (QED) is 0.692. The fourth-order valence-electron chi connectivity index (χ4n) is 3.11. The van der Waals surface area contributed by atoms with E-state index in [0.29, 0.717) is 13.0 Å². The summed E-state index contributed by atoms with van der Waals surface area (Å²) < 4.78 is 5.57. The first-order valence-electron chi connectivity index (χ1n) is 9.81. The van der Waals surface area contributed by atoms with Crippen molar-refractivity contribution in [1.29, 1.82) is 0 Å². The second-order valence-electron chi connectivity index (χ2n) is 8.16. The van der Waals surface area contributed by atoms with Crippen molar-refractivity contribution in [3.63, 3.8) is 0 Å². The van der Waals surface area contributed by atoms with Gasteiger partial charge in [-0.25, -0.2) is 4.79 Å². The molecule has 0 aliphatic heterocycles. The molecule has 156 valence electrons. The summed E-state index contributed by atoms with van der Waals surface area (Å²) in [6, 6.07) is 9.73. The lowest BCUT2D eigenvalue weighted by molar-refractivity contribution is -0.137. The third kappa shape index (κ3) is 6.59. The Morgan fingerprint density at radius 2 is 1.97 bits per heavy atom. The van der Waals surface area contributed by atoms with Crippen molar-refractivity contribution in [2.75, 3.05) is 6.54 Å². The van der Waals surface area contributed by atoms with Gasteiger partial charge in [-0.05, 0) is 75.4 Å². The molecule has 0 spiro atoms. The minimum Gasteiger partial charge on any atom is -0.481 e. The highest BCUT2D eigenvalue weighted by molar-refractivity contribution is 5.70. The van der Waals surface area contributed by atoms with Crippen LogP contribution in [0.1, 0.15) is 57.7 Å². The number of rotatable bonds is 7. The Kier molecular flexibility index (Phi) is 7.37. The lowest BCUT2D eigenvalue weighted by Crippen LogP contribution is -2.39. The Labute approximate surface area is 172 Å². The molecule has 6 nitrogen and oxygen atoms in total. The summed E-state index contributed by atoms with van der Waals surface area (Å²) in [5.41, 5.74) is 3.54. The number of hydrogen-bond donors (Lipinski definition) is 1. The van der Waals surface area contributed by atoms with Crippen LogP contribution >= 0.6 is 0 Å². The molecule has 0 saturated carbocycles. The van der Waals surface area contributed by atoms with Crippen LogP contribution in [-0.2, 0) is 9.53 Å². The summed E-state index contributed by atoms with van der Waals surface area (Å²) >= 11 is 0. The molecule has 29 heavy (non-hydrogen) atoms. The Balaban J connectivity index is 2.30. The summed E-state index contributed by atoms with van der Waals surface area (Å²) in [6.07, 6.45) is 3.51. The Morgan fingerprint density at radius 1 is 1.24 bits per heavy atom. The molecule has 6 heteroatoms. The van der Waals surface area contributed by atoms with Gasteiger partial charge in [-0.3, -0.25) is 9.78 Å². The number of benzene rings is 1. The van der Waals surface area contributed by atoms with E-state index in [1.54, 1.807) is 11.1 Å². The molecular formula is C23H30N2O4. The van der Waals surface area contributed by atoms with Gasteiger partial charge in [0.05, 0.1) is 6.04 Å². The highest BCUT2D eigenvalue weighted by Gasteiger charge is 2.27. The van der Waals surface area contributed by atoms with E-state index in [9.17, 15) is 9.59 Å². The Morgan fingerprint density at radius 3 is 2.59 bits per heavy atom.